The molecule has 53 heavy (non-hydrogen) atoms. The summed E-state index contributed by atoms with van der Waals surface area (Å²) in [5, 5.41) is 19.5. The Morgan fingerprint density at radius 1 is 0.566 bits per heavy atom. The highest BCUT2D eigenvalue weighted by atomic mass is 16.5. The van der Waals surface area contributed by atoms with Crippen molar-refractivity contribution in [1.29, 1.82) is 0 Å². The van der Waals surface area contributed by atoms with Crippen molar-refractivity contribution in [1.82, 2.24) is 0 Å². The first-order chi connectivity index (χ1) is 25.9. The van der Waals surface area contributed by atoms with E-state index in [2.05, 4.69) is 62.6 Å². The molecule has 0 aromatic heterocycles. The molecule has 4 saturated carbocycles. The number of unbranched alkanes of at least 4 members (excludes halogenated alkanes) is 6. The molecule has 2 aliphatic heterocycles. The Bertz CT molecular complexity index is 1350. The molecular formula is C47H72N2O4+2. The van der Waals surface area contributed by atoms with Gasteiger partial charge in [-0.3, -0.25) is 0 Å². The van der Waals surface area contributed by atoms with Crippen molar-refractivity contribution in [3.8, 4) is 11.5 Å². The highest BCUT2D eigenvalue weighted by Gasteiger charge is 2.46. The molecular weight excluding hydrogens is 657 g/mol. The molecule has 2 aromatic rings. The predicted molar refractivity (Wildman–Crippen MR) is 216 cm³/mol. The number of rotatable bonds is 20. The number of quaternary nitrogens is 2. The van der Waals surface area contributed by atoms with Crippen LogP contribution in [0.3, 0.4) is 0 Å². The SMILES string of the molecule is C[N@@+]1(CCCCCCOc2ccc(C(=C3C4CC5CC(C4)CC3C5)c3ccc(OCCCCCC[N@+]4(C)CCC[C@H]4CO)cc3)cc2)CCC[C@H]1CO. The van der Waals surface area contributed by atoms with Gasteiger partial charge in [0.2, 0.25) is 0 Å². The lowest BCUT2D eigenvalue weighted by molar-refractivity contribution is -0.921. The summed E-state index contributed by atoms with van der Waals surface area (Å²) in [5.41, 5.74) is 5.89. The largest absolute Gasteiger partial charge is 0.494 e. The van der Waals surface area contributed by atoms with Crippen molar-refractivity contribution in [3.05, 3.63) is 65.2 Å². The van der Waals surface area contributed by atoms with Crippen molar-refractivity contribution < 1.29 is 28.7 Å². The van der Waals surface area contributed by atoms with Gasteiger partial charge in [-0.15, -0.1) is 0 Å². The van der Waals surface area contributed by atoms with Crippen molar-refractivity contribution >= 4 is 5.57 Å². The maximum Gasteiger partial charge on any atom is 0.119 e. The van der Waals surface area contributed by atoms with E-state index in [1.807, 2.05) is 0 Å². The van der Waals surface area contributed by atoms with Crippen molar-refractivity contribution in [2.75, 3.05) is 66.7 Å². The lowest BCUT2D eigenvalue weighted by Gasteiger charge is -2.52. The number of likely N-dealkylation sites (tertiary alicyclic amines) is 2. The molecule has 2 heterocycles. The van der Waals surface area contributed by atoms with Gasteiger partial charge in [-0.25, -0.2) is 0 Å². The first kappa shape index (κ1) is 38.9. The molecule has 292 valence electrons. The molecule has 2 saturated heterocycles. The van der Waals surface area contributed by atoms with Gasteiger partial charge in [0.1, 0.15) is 23.6 Å². The Morgan fingerprint density at radius 2 is 0.981 bits per heavy atom. The van der Waals surface area contributed by atoms with E-state index in [0.29, 0.717) is 25.3 Å². The molecule has 8 rings (SSSR count). The van der Waals surface area contributed by atoms with Crippen LogP contribution in [0.4, 0.5) is 0 Å². The second-order valence-corrected chi connectivity index (χ2v) is 18.5. The number of likely N-dealkylation sites (N-methyl/N-ethyl adjacent to an activating group) is 2. The second-order valence-electron chi connectivity index (χ2n) is 18.5. The number of benzene rings is 2. The molecule has 4 atom stereocenters. The quantitative estimate of drug-likeness (QED) is 0.106. The molecule has 0 radical (unpaired) electrons. The van der Waals surface area contributed by atoms with Gasteiger partial charge in [0.15, 0.2) is 0 Å². The number of hydrogen-bond acceptors (Lipinski definition) is 4. The molecule has 6 nitrogen and oxygen atoms in total. The summed E-state index contributed by atoms with van der Waals surface area (Å²) < 4.78 is 14.6. The summed E-state index contributed by atoms with van der Waals surface area (Å²) in [4.78, 5) is 0. The summed E-state index contributed by atoms with van der Waals surface area (Å²) >= 11 is 0. The van der Waals surface area contributed by atoms with Gasteiger partial charge in [-0.05, 0) is 148 Å². The lowest BCUT2D eigenvalue weighted by Crippen LogP contribution is -2.50. The summed E-state index contributed by atoms with van der Waals surface area (Å²) in [6.45, 7) is 7.04. The number of nitrogens with zero attached hydrogens (tertiary/aromatic N) is 2. The smallest absolute Gasteiger partial charge is 0.119 e. The fourth-order valence-corrected chi connectivity index (χ4v) is 11.8. The fraction of sp³-hybridized carbons (Fsp3) is 0.702. The van der Waals surface area contributed by atoms with Crippen molar-refractivity contribution in [2.45, 2.75) is 121 Å². The minimum atomic E-state index is 0.333. The maximum absolute atomic E-state index is 9.76. The van der Waals surface area contributed by atoms with E-state index in [-0.39, 0.29) is 0 Å². The lowest BCUT2D eigenvalue weighted by atomic mass is 9.53. The molecule has 0 amide bonds. The van der Waals surface area contributed by atoms with Gasteiger partial charge in [-0.1, -0.05) is 29.8 Å². The predicted octanol–water partition coefficient (Wildman–Crippen LogP) is 9.03. The van der Waals surface area contributed by atoms with Crippen LogP contribution in [0.2, 0.25) is 0 Å². The Kier molecular flexibility index (Phi) is 13.2. The monoisotopic (exact) mass is 729 g/mol. The normalized spacial score (nSPS) is 31.7. The molecule has 2 aromatic carbocycles. The molecule has 6 aliphatic rings. The summed E-state index contributed by atoms with van der Waals surface area (Å²) in [5.74, 6) is 5.32. The van der Waals surface area contributed by atoms with E-state index < -0.39 is 0 Å². The van der Waals surface area contributed by atoms with Crippen LogP contribution >= 0.6 is 0 Å². The average molecular weight is 729 g/mol. The van der Waals surface area contributed by atoms with E-state index in [1.165, 1.54) is 139 Å². The molecule has 2 N–H and O–H groups in total. The number of ether oxygens (including phenoxy) is 2. The van der Waals surface area contributed by atoms with Gasteiger partial charge in [0.25, 0.3) is 0 Å². The topological polar surface area (TPSA) is 58.9 Å². The van der Waals surface area contributed by atoms with Crippen LogP contribution in [0.15, 0.2) is 54.1 Å². The van der Waals surface area contributed by atoms with Gasteiger partial charge < -0.3 is 28.7 Å². The molecule has 0 spiro atoms. The fourth-order valence-electron chi connectivity index (χ4n) is 11.8. The zero-order chi connectivity index (χ0) is 36.7. The van der Waals surface area contributed by atoms with E-state index in [1.54, 1.807) is 5.57 Å². The first-order valence-corrected chi connectivity index (χ1v) is 22.0. The van der Waals surface area contributed by atoms with Crippen LogP contribution in [-0.2, 0) is 0 Å². The zero-order valence-electron chi connectivity index (χ0n) is 33.4. The Hall–Kier alpha value is -2.38. The van der Waals surface area contributed by atoms with Crippen molar-refractivity contribution in [3.63, 3.8) is 0 Å². The molecule has 6 heteroatoms. The highest BCUT2D eigenvalue weighted by molar-refractivity contribution is 5.83. The summed E-state index contributed by atoms with van der Waals surface area (Å²) in [6, 6.07) is 19.0. The van der Waals surface area contributed by atoms with E-state index >= 15 is 0 Å². The van der Waals surface area contributed by atoms with Gasteiger partial charge in [0, 0.05) is 25.7 Å². The molecule has 4 bridgehead atoms. The molecule has 6 fully saturated rings. The van der Waals surface area contributed by atoms with E-state index in [4.69, 9.17) is 9.47 Å². The Morgan fingerprint density at radius 3 is 1.40 bits per heavy atom. The van der Waals surface area contributed by atoms with Crippen LogP contribution in [0.5, 0.6) is 11.5 Å². The third kappa shape index (κ3) is 9.36. The van der Waals surface area contributed by atoms with Gasteiger partial charge in [-0.2, -0.15) is 0 Å². The van der Waals surface area contributed by atoms with Gasteiger partial charge >= 0.3 is 0 Å². The third-order valence-corrected chi connectivity index (χ3v) is 14.9. The minimum Gasteiger partial charge on any atom is -0.494 e. The number of hydrogen-bond donors (Lipinski definition) is 2. The second kappa shape index (κ2) is 18.0. The van der Waals surface area contributed by atoms with Crippen molar-refractivity contribution in [2.24, 2.45) is 23.7 Å². The number of aliphatic hydroxyl groups excluding tert-OH is 2. The highest BCUT2D eigenvalue weighted by Crippen LogP contribution is 2.58. The van der Waals surface area contributed by atoms with Crippen LogP contribution in [-0.4, -0.2) is 98.0 Å². The van der Waals surface area contributed by atoms with Crippen LogP contribution in [0.1, 0.15) is 120 Å². The number of aliphatic hydroxyl groups is 2. The van der Waals surface area contributed by atoms with Crippen LogP contribution in [0.25, 0.3) is 5.57 Å². The zero-order valence-corrected chi connectivity index (χ0v) is 33.4. The molecule has 4 aliphatic carbocycles. The summed E-state index contributed by atoms with van der Waals surface area (Å²) in [7, 11) is 4.68. The van der Waals surface area contributed by atoms with Crippen LogP contribution in [0, 0.1) is 23.7 Å². The standard InChI is InChI=1S/C47H72N2O4/c1-48(25-11-13-42(48)34-50)23-7-3-5-9-27-52-44-19-15-38(16-20-44)46(47-40-30-36-29-37(32-40)33-41(47)31-36)39-17-21-45(22-18-39)53-28-10-6-4-8-24-49(2)26-12-14-43(49)35-51/h15-22,36-37,40-43,50-51H,3-14,23-35H2,1-2H3/q+2/t36?,37?,40?,41?,42-,43-,48+,49+/m0/s1. The Balaban J connectivity index is 0.909. The average Bonchev–Trinajstić information content (AvgIpc) is 3.73. The first-order valence-electron chi connectivity index (χ1n) is 22.0. The van der Waals surface area contributed by atoms with Crippen LogP contribution < -0.4 is 9.47 Å². The molecule has 0 unspecified atom stereocenters. The summed E-state index contributed by atoms with van der Waals surface area (Å²) in [6.07, 6.45) is 21.4. The van der Waals surface area contributed by atoms with Gasteiger partial charge in [0.05, 0.1) is 66.7 Å². The van der Waals surface area contributed by atoms with E-state index in [0.717, 1.165) is 70.2 Å². The maximum atomic E-state index is 9.76. The Labute approximate surface area is 321 Å². The van der Waals surface area contributed by atoms with E-state index in [9.17, 15) is 10.2 Å². The third-order valence-electron chi connectivity index (χ3n) is 14.9. The number of allylic oxidation sites excluding steroid dienone is 1. The minimum absolute atomic E-state index is 0.333.